The largest absolute Gasteiger partial charge is 0.328 e. The normalized spacial score (nSPS) is 13.5. The summed E-state index contributed by atoms with van der Waals surface area (Å²) >= 11 is 1.74. The molecule has 1 heterocycles. The van der Waals surface area contributed by atoms with Gasteiger partial charge in [0, 0.05) is 10.9 Å². The second-order valence-corrected chi connectivity index (χ2v) is 5.23. The highest BCUT2D eigenvalue weighted by atomic mass is 32.1. The van der Waals surface area contributed by atoms with Crippen LogP contribution in [-0.4, -0.2) is 11.0 Å². The van der Waals surface area contributed by atoms with Crippen LogP contribution in [0.15, 0.2) is 5.51 Å². The Balaban J connectivity index is 2.30. The minimum absolute atomic E-state index is 0.344. The second kappa shape index (κ2) is 5.47. The topological polar surface area (TPSA) is 38.9 Å². The predicted octanol–water partition coefficient (Wildman–Crippen LogP) is 2.76. The van der Waals surface area contributed by atoms with E-state index < -0.39 is 0 Å². The van der Waals surface area contributed by atoms with Crippen LogP contribution in [0, 0.1) is 12.8 Å². The minimum atomic E-state index is 0.344. The smallest absolute Gasteiger partial charge is 0.0797 e. The van der Waals surface area contributed by atoms with Crippen molar-refractivity contribution in [2.24, 2.45) is 11.7 Å². The lowest BCUT2D eigenvalue weighted by Gasteiger charge is -2.13. The summed E-state index contributed by atoms with van der Waals surface area (Å²) in [6.07, 6.45) is 3.30. The third kappa shape index (κ3) is 3.76. The molecule has 1 aromatic heterocycles. The number of rotatable bonds is 5. The van der Waals surface area contributed by atoms with E-state index in [1.165, 1.54) is 10.6 Å². The van der Waals surface area contributed by atoms with Crippen LogP contribution in [0.1, 0.15) is 37.3 Å². The van der Waals surface area contributed by atoms with Gasteiger partial charge in [-0.05, 0) is 32.1 Å². The standard InChI is InChI=1S/C11H20N2S/c1-8(2)6-10(12)4-5-11-9(3)13-7-14-11/h7-8,10H,4-6,12H2,1-3H3. The minimum Gasteiger partial charge on any atom is -0.328 e. The molecule has 0 fully saturated rings. The van der Waals surface area contributed by atoms with Gasteiger partial charge in [0.15, 0.2) is 0 Å². The maximum atomic E-state index is 6.03. The van der Waals surface area contributed by atoms with E-state index in [-0.39, 0.29) is 0 Å². The number of nitrogens with zero attached hydrogens (tertiary/aromatic N) is 1. The van der Waals surface area contributed by atoms with E-state index in [4.69, 9.17) is 5.73 Å². The van der Waals surface area contributed by atoms with E-state index in [0.29, 0.717) is 12.0 Å². The maximum Gasteiger partial charge on any atom is 0.0797 e. The van der Waals surface area contributed by atoms with Crippen molar-refractivity contribution < 1.29 is 0 Å². The molecular formula is C11H20N2S. The van der Waals surface area contributed by atoms with Crippen molar-refractivity contribution in [2.45, 2.75) is 46.1 Å². The van der Waals surface area contributed by atoms with Crippen molar-refractivity contribution in [3.63, 3.8) is 0 Å². The first-order chi connectivity index (χ1) is 6.59. The predicted molar refractivity (Wildman–Crippen MR) is 62.6 cm³/mol. The van der Waals surface area contributed by atoms with Crippen molar-refractivity contribution in [2.75, 3.05) is 0 Å². The Bertz CT molecular complexity index is 268. The van der Waals surface area contributed by atoms with Crippen LogP contribution < -0.4 is 5.73 Å². The first-order valence-corrected chi connectivity index (χ1v) is 6.12. The molecule has 1 unspecified atom stereocenters. The summed E-state index contributed by atoms with van der Waals surface area (Å²) in [6, 6.07) is 0.344. The molecule has 2 nitrogen and oxygen atoms in total. The molecule has 1 aromatic rings. The Morgan fingerprint density at radius 1 is 1.50 bits per heavy atom. The van der Waals surface area contributed by atoms with E-state index in [0.717, 1.165) is 19.3 Å². The molecule has 2 N–H and O–H groups in total. The fourth-order valence-electron chi connectivity index (χ4n) is 1.61. The van der Waals surface area contributed by atoms with Gasteiger partial charge in [-0.2, -0.15) is 0 Å². The third-order valence-electron chi connectivity index (χ3n) is 2.36. The molecule has 0 radical (unpaired) electrons. The van der Waals surface area contributed by atoms with Crippen LogP contribution in [0.5, 0.6) is 0 Å². The summed E-state index contributed by atoms with van der Waals surface area (Å²) in [7, 11) is 0. The lowest BCUT2D eigenvalue weighted by molar-refractivity contribution is 0.474. The first kappa shape index (κ1) is 11.7. The van der Waals surface area contributed by atoms with Gasteiger partial charge in [0.25, 0.3) is 0 Å². The van der Waals surface area contributed by atoms with Gasteiger partial charge in [0.1, 0.15) is 0 Å². The monoisotopic (exact) mass is 212 g/mol. The van der Waals surface area contributed by atoms with Crippen molar-refractivity contribution in [1.29, 1.82) is 0 Å². The van der Waals surface area contributed by atoms with Crippen LogP contribution in [0.25, 0.3) is 0 Å². The highest BCUT2D eigenvalue weighted by Crippen LogP contribution is 2.16. The van der Waals surface area contributed by atoms with E-state index in [2.05, 4.69) is 25.8 Å². The number of hydrogen-bond donors (Lipinski definition) is 1. The molecule has 0 spiro atoms. The van der Waals surface area contributed by atoms with Crippen LogP contribution >= 0.6 is 11.3 Å². The molecule has 80 valence electrons. The Kier molecular flexibility index (Phi) is 4.55. The van der Waals surface area contributed by atoms with E-state index in [9.17, 15) is 0 Å². The molecule has 0 bridgehead atoms. The zero-order valence-corrected chi connectivity index (χ0v) is 10.1. The van der Waals surface area contributed by atoms with Crippen molar-refractivity contribution in [3.05, 3.63) is 16.1 Å². The number of thiazole rings is 1. The zero-order chi connectivity index (χ0) is 10.6. The molecule has 0 amide bonds. The molecule has 0 aliphatic heterocycles. The Hall–Kier alpha value is -0.410. The van der Waals surface area contributed by atoms with Crippen LogP contribution in [0.2, 0.25) is 0 Å². The summed E-state index contributed by atoms with van der Waals surface area (Å²) in [5.41, 5.74) is 9.11. The Morgan fingerprint density at radius 3 is 2.71 bits per heavy atom. The van der Waals surface area contributed by atoms with Crippen LogP contribution in [0.4, 0.5) is 0 Å². The molecular weight excluding hydrogens is 192 g/mol. The summed E-state index contributed by atoms with van der Waals surface area (Å²) in [4.78, 5) is 5.63. The quantitative estimate of drug-likeness (QED) is 0.815. The molecule has 0 aliphatic rings. The number of aromatic nitrogens is 1. The molecule has 1 rings (SSSR count). The lowest BCUT2D eigenvalue weighted by atomic mass is 10.0. The highest BCUT2D eigenvalue weighted by Gasteiger charge is 2.07. The SMILES string of the molecule is Cc1ncsc1CCC(N)CC(C)C. The van der Waals surface area contributed by atoms with Crippen molar-refractivity contribution in [3.8, 4) is 0 Å². The molecule has 14 heavy (non-hydrogen) atoms. The fraction of sp³-hybridized carbons (Fsp3) is 0.727. The zero-order valence-electron chi connectivity index (χ0n) is 9.29. The number of aryl methyl sites for hydroxylation is 2. The maximum absolute atomic E-state index is 6.03. The van der Waals surface area contributed by atoms with E-state index in [1.807, 2.05) is 5.51 Å². The van der Waals surface area contributed by atoms with Crippen molar-refractivity contribution >= 4 is 11.3 Å². The van der Waals surface area contributed by atoms with E-state index >= 15 is 0 Å². The first-order valence-electron chi connectivity index (χ1n) is 5.24. The van der Waals surface area contributed by atoms with Crippen LogP contribution in [0.3, 0.4) is 0 Å². The van der Waals surface area contributed by atoms with Gasteiger partial charge in [-0.3, -0.25) is 0 Å². The van der Waals surface area contributed by atoms with Gasteiger partial charge in [0.2, 0.25) is 0 Å². The fourth-order valence-corrected chi connectivity index (χ4v) is 2.40. The Morgan fingerprint density at radius 2 is 2.21 bits per heavy atom. The van der Waals surface area contributed by atoms with E-state index in [1.54, 1.807) is 11.3 Å². The number of nitrogens with two attached hydrogens (primary N) is 1. The molecule has 0 saturated carbocycles. The van der Waals surface area contributed by atoms with Gasteiger partial charge in [-0.25, -0.2) is 4.98 Å². The molecule has 3 heteroatoms. The summed E-state index contributed by atoms with van der Waals surface area (Å²) in [5, 5.41) is 0. The Labute approximate surface area is 90.6 Å². The second-order valence-electron chi connectivity index (χ2n) is 4.29. The summed E-state index contributed by atoms with van der Waals surface area (Å²) in [6.45, 7) is 6.51. The molecule has 1 atom stereocenters. The van der Waals surface area contributed by atoms with Gasteiger partial charge < -0.3 is 5.73 Å². The molecule has 0 saturated heterocycles. The molecule has 0 aromatic carbocycles. The van der Waals surface area contributed by atoms with Gasteiger partial charge in [0.05, 0.1) is 11.2 Å². The average molecular weight is 212 g/mol. The lowest BCUT2D eigenvalue weighted by Crippen LogP contribution is -2.22. The summed E-state index contributed by atoms with van der Waals surface area (Å²) < 4.78 is 0. The summed E-state index contributed by atoms with van der Waals surface area (Å²) in [5.74, 6) is 0.701. The van der Waals surface area contributed by atoms with Gasteiger partial charge in [-0.15, -0.1) is 11.3 Å². The number of hydrogen-bond acceptors (Lipinski definition) is 3. The molecule has 0 aliphatic carbocycles. The third-order valence-corrected chi connectivity index (χ3v) is 3.36. The van der Waals surface area contributed by atoms with Gasteiger partial charge >= 0.3 is 0 Å². The average Bonchev–Trinajstić information content (AvgIpc) is 2.46. The highest BCUT2D eigenvalue weighted by molar-refractivity contribution is 7.09. The van der Waals surface area contributed by atoms with Crippen molar-refractivity contribution in [1.82, 2.24) is 4.98 Å². The van der Waals surface area contributed by atoms with Crippen LogP contribution in [-0.2, 0) is 6.42 Å². The van der Waals surface area contributed by atoms with Gasteiger partial charge in [-0.1, -0.05) is 13.8 Å².